The van der Waals surface area contributed by atoms with E-state index in [0.717, 1.165) is 0 Å². The highest BCUT2D eigenvalue weighted by atomic mass is 16.4. The van der Waals surface area contributed by atoms with Crippen molar-refractivity contribution in [3.8, 4) is 11.5 Å². The van der Waals surface area contributed by atoms with E-state index in [2.05, 4.69) is 0 Å². The van der Waals surface area contributed by atoms with Crippen LogP contribution in [0.15, 0.2) is 18.2 Å². The number of para-hydroxylation sites is 1. The summed E-state index contributed by atoms with van der Waals surface area (Å²) in [6.07, 6.45) is 0.465. The van der Waals surface area contributed by atoms with Gasteiger partial charge in [-0.2, -0.15) is 0 Å². The number of aliphatic carboxylic acids is 1. The van der Waals surface area contributed by atoms with E-state index in [1.165, 1.54) is 6.07 Å². The highest BCUT2D eigenvalue weighted by molar-refractivity contribution is 5.88. The molecule has 86 valence electrons. The Hall–Kier alpha value is -1.71. The zero-order valence-corrected chi connectivity index (χ0v) is 9.19. The van der Waals surface area contributed by atoms with E-state index in [4.69, 9.17) is 0 Å². The minimum absolute atomic E-state index is 0.277. The van der Waals surface area contributed by atoms with E-state index < -0.39 is 16.8 Å². The van der Waals surface area contributed by atoms with Gasteiger partial charge >= 0.3 is 5.97 Å². The summed E-state index contributed by atoms with van der Waals surface area (Å²) in [6.45, 7) is 3.68. The van der Waals surface area contributed by atoms with Crippen LogP contribution in [0.25, 0.3) is 0 Å². The van der Waals surface area contributed by atoms with Gasteiger partial charge in [-0.05, 0) is 17.9 Å². The summed E-state index contributed by atoms with van der Waals surface area (Å²) in [7, 11) is 0. The van der Waals surface area contributed by atoms with Gasteiger partial charge in [0.15, 0.2) is 11.5 Å². The van der Waals surface area contributed by atoms with E-state index in [1.807, 2.05) is 13.8 Å². The van der Waals surface area contributed by atoms with Gasteiger partial charge in [0.2, 0.25) is 0 Å². The first kappa shape index (κ1) is 10.8. The number of rotatable bonds is 2. The first-order valence-corrected chi connectivity index (χ1v) is 5.08. The van der Waals surface area contributed by atoms with Crippen molar-refractivity contribution >= 4 is 5.97 Å². The zero-order chi connectivity index (χ0) is 12.1. The fraction of sp³-hybridized carbons (Fsp3) is 0.417. The predicted octanol–water partition coefficient (Wildman–Crippen LogP) is 1.85. The Labute approximate surface area is 93.2 Å². The molecule has 4 nitrogen and oxygen atoms in total. The molecule has 0 heterocycles. The molecule has 0 spiro atoms. The van der Waals surface area contributed by atoms with E-state index in [-0.39, 0.29) is 11.5 Å². The number of carbonyl (C=O) groups is 1. The van der Waals surface area contributed by atoms with Gasteiger partial charge in [0, 0.05) is 5.56 Å². The third kappa shape index (κ3) is 1.13. The van der Waals surface area contributed by atoms with Crippen molar-refractivity contribution in [2.24, 2.45) is 5.41 Å². The lowest BCUT2D eigenvalue weighted by atomic mass is 9.87. The maximum atomic E-state index is 11.4. The van der Waals surface area contributed by atoms with Crippen molar-refractivity contribution in [1.82, 2.24) is 0 Å². The van der Waals surface area contributed by atoms with Gasteiger partial charge in [-0.25, -0.2) is 0 Å². The molecule has 0 aromatic heterocycles. The highest BCUT2D eigenvalue weighted by Crippen LogP contribution is 2.66. The van der Waals surface area contributed by atoms with Gasteiger partial charge in [0.25, 0.3) is 0 Å². The first-order chi connectivity index (χ1) is 7.33. The Kier molecular flexibility index (Phi) is 1.96. The zero-order valence-electron chi connectivity index (χ0n) is 9.19. The summed E-state index contributed by atoms with van der Waals surface area (Å²) >= 11 is 0. The second kappa shape index (κ2) is 2.90. The van der Waals surface area contributed by atoms with Gasteiger partial charge in [-0.3, -0.25) is 4.79 Å². The van der Waals surface area contributed by atoms with Crippen LogP contribution < -0.4 is 0 Å². The SMILES string of the molecule is CC1(C)CC1(C(=O)O)c1cccc(O)c1O. The van der Waals surface area contributed by atoms with Crippen LogP contribution in [0.3, 0.4) is 0 Å². The summed E-state index contributed by atoms with van der Waals surface area (Å²) in [5.41, 5.74) is -1.18. The molecule has 4 heteroatoms. The predicted molar refractivity (Wildman–Crippen MR) is 57.5 cm³/mol. The molecule has 1 aromatic carbocycles. The lowest BCUT2D eigenvalue weighted by molar-refractivity contribution is -0.141. The summed E-state index contributed by atoms with van der Waals surface area (Å²) in [4.78, 5) is 11.4. The standard InChI is InChI=1S/C12H14O4/c1-11(2)6-12(11,10(15)16)7-4-3-5-8(13)9(7)14/h3-5,13-14H,6H2,1-2H3,(H,15,16). The Bertz CT molecular complexity index is 464. The van der Waals surface area contributed by atoms with Gasteiger partial charge < -0.3 is 15.3 Å². The molecule has 16 heavy (non-hydrogen) atoms. The molecule has 1 aromatic rings. The molecular weight excluding hydrogens is 208 g/mol. The number of aromatic hydroxyl groups is 2. The lowest BCUT2D eigenvalue weighted by Gasteiger charge is -2.17. The van der Waals surface area contributed by atoms with E-state index in [9.17, 15) is 20.1 Å². The van der Waals surface area contributed by atoms with Gasteiger partial charge in [-0.1, -0.05) is 26.0 Å². The second-order valence-corrected chi connectivity index (χ2v) is 4.94. The fourth-order valence-electron chi connectivity index (χ4n) is 2.43. The van der Waals surface area contributed by atoms with Crippen molar-refractivity contribution in [1.29, 1.82) is 0 Å². The average molecular weight is 222 g/mol. The summed E-state index contributed by atoms with van der Waals surface area (Å²) in [5.74, 6) is -1.56. The van der Waals surface area contributed by atoms with Crippen molar-refractivity contribution in [3.63, 3.8) is 0 Å². The minimum Gasteiger partial charge on any atom is -0.504 e. The molecule has 1 unspecified atom stereocenters. The Morgan fingerprint density at radius 1 is 1.31 bits per heavy atom. The van der Waals surface area contributed by atoms with Crippen LogP contribution in [0.5, 0.6) is 11.5 Å². The van der Waals surface area contributed by atoms with Crippen molar-refractivity contribution < 1.29 is 20.1 Å². The summed E-state index contributed by atoms with van der Waals surface area (Å²) in [6, 6.07) is 4.44. The largest absolute Gasteiger partial charge is 0.504 e. The maximum absolute atomic E-state index is 11.4. The molecule has 3 N–H and O–H groups in total. The quantitative estimate of drug-likeness (QED) is 0.667. The number of carboxylic acids is 1. The number of carboxylic acid groups (broad SMARTS) is 1. The molecule has 0 aliphatic heterocycles. The molecule has 0 radical (unpaired) electrons. The normalized spacial score (nSPS) is 26.4. The van der Waals surface area contributed by atoms with Gasteiger partial charge in [0.1, 0.15) is 5.41 Å². The molecular formula is C12H14O4. The van der Waals surface area contributed by atoms with Crippen LogP contribution in [-0.4, -0.2) is 21.3 Å². The van der Waals surface area contributed by atoms with Gasteiger partial charge in [0.05, 0.1) is 0 Å². The van der Waals surface area contributed by atoms with Gasteiger partial charge in [-0.15, -0.1) is 0 Å². The number of hydrogen-bond acceptors (Lipinski definition) is 3. The average Bonchev–Trinajstić information content (AvgIpc) is 2.75. The first-order valence-electron chi connectivity index (χ1n) is 5.08. The molecule has 0 amide bonds. The molecule has 1 fully saturated rings. The number of hydrogen-bond donors (Lipinski definition) is 3. The smallest absolute Gasteiger partial charge is 0.314 e. The minimum atomic E-state index is -1.07. The van der Waals surface area contributed by atoms with Crippen molar-refractivity contribution in [3.05, 3.63) is 23.8 Å². The fourth-order valence-corrected chi connectivity index (χ4v) is 2.43. The van der Waals surface area contributed by atoms with Crippen LogP contribution in [0.2, 0.25) is 0 Å². The molecule has 1 saturated carbocycles. The monoisotopic (exact) mass is 222 g/mol. The van der Waals surface area contributed by atoms with Crippen LogP contribution in [-0.2, 0) is 10.2 Å². The van der Waals surface area contributed by atoms with Crippen LogP contribution in [0.4, 0.5) is 0 Å². The maximum Gasteiger partial charge on any atom is 0.314 e. The molecule has 1 atom stereocenters. The van der Waals surface area contributed by atoms with Crippen LogP contribution >= 0.6 is 0 Å². The van der Waals surface area contributed by atoms with E-state index >= 15 is 0 Å². The highest BCUT2D eigenvalue weighted by Gasteiger charge is 2.68. The van der Waals surface area contributed by atoms with E-state index in [1.54, 1.807) is 12.1 Å². The summed E-state index contributed by atoms with van der Waals surface area (Å²) in [5, 5.41) is 28.5. The number of phenolic OH excluding ortho intramolecular Hbond substituents is 2. The Morgan fingerprint density at radius 2 is 1.88 bits per heavy atom. The summed E-state index contributed by atoms with van der Waals surface area (Å²) < 4.78 is 0. The van der Waals surface area contributed by atoms with E-state index in [0.29, 0.717) is 12.0 Å². The third-order valence-electron chi connectivity index (χ3n) is 3.58. The molecule has 1 aliphatic rings. The van der Waals surface area contributed by atoms with Crippen LogP contribution in [0, 0.1) is 5.41 Å². The number of benzene rings is 1. The third-order valence-corrected chi connectivity index (χ3v) is 3.58. The molecule has 2 rings (SSSR count). The van der Waals surface area contributed by atoms with Crippen molar-refractivity contribution in [2.45, 2.75) is 25.7 Å². The van der Waals surface area contributed by atoms with Crippen molar-refractivity contribution in [2.75, 3.05) is 0 Å². The molecule has 0 bridgehead atoms. The van der Waals surface area contributed by atoms with Crippen LogP contribution in [0.1, 0.15) is 25.8 Å². The molecule has 1 aliphatic carbocycles. The topological polar surface area (TPSA) is 77.8 Å². The lowest BCUT2D eigenvalue weighted by Crippen LogP contribution is -2.25. The Morgan fingerprint density at radius 3 is 2.31 bits per heavy atom. The number of phenols is 2. The Balaban J connectivity index is 2.60. The second-order valence-electron chi connectivity index (χ2n) is 4.94. The molecule has 0 saturated heterocycles.